The monoisotopic (exact) mass is 247 g/mol. The zero-order valence-corrected chi connectivity index (χ0v) is 9.97. The summed E-state index contributed by atoms with van der Waals surface area (Å²) in [6, 6.07) is 4.95. The molecule has 1 aliphatic heterocycles. The molecule has 1 N–H and O–H groups in total. The van der Waals surface area contributed by atoms with Crippen molar-refractivity contribution in [2.45, 2.75) is 19.3 Å². The maximum atomic E-state index is 11.6. The number of hydrogen-bond donors (Lipinski definition) is 1. The second kappa shape index (κ2) is 4.60. The average Bonchev–Trinajstić information content (AvgIpc) is 2.32. The lowest BCUT2D eigenvalue weighted by molar-refractivity contribution is -0.135. The highest BCUT2D eigenvalue weighted by atomic mass is 16.4. The fourth-order valence-corrected chi connectivity index (χ4v) is 2.07. The largest absolute Gasteiger partial charge is 0.481 e. The Labute approximate surface area is 104 Å². The molecule has 0 spiro atoms. The molecule has 0 saturated heterocycles. The van der Waals surface area contributed by atoms with Gasteiger partial charge in [-0.25, -0.2) is 0 Å². The molecule has 0 radical (unpaired) electrons. The van der Waals surface area contributed by atoms with Crippen molar-refractivity contribution in [3.05, 3.63) is 29.3 Å². The Morgan fingerprint density at radius 2 is 2.06 bits per heavy atom. The van der Waals surface area contributed by atoms with E-state index in [0.29, 0.717) is 18.4 Å². The Hall–Kier alpha value is -2.17. The van der Waals surface area contributed by atoms with Crippen LogP contribution in [0, 0.1) is 0 Å². The topological polar surface area (TPSA) is 74.7 Å². The third-order valence-corrected chi connectivity index (χ3v) is 3.06. The van der Waals surface area contributed by atoms with Crippen molar-refractivity contribution in [3.63, 3.8) is 0 Å². The van der Waals surface area contributed by atoms with Crippen LogP contribution in [-0.2, 0) is 16.0 Å². The minimum absolute atomic E-state index is 0.0483. The van der Waals surface area contributed by atoms with Crippen LogP contribution in [0.4, 0.5) is 5.69 Å². The number of carboxylic acids is 1. The lowest BCUT2D eigenvalue weighted by Gasteiger charge is -2.25. The van der Waals surface area contributed by atoms with Crippen LogP contribution in [-0.4, -0.2) is 29.8 Å². The van der Waals surface area contributed by atoms with Gasteiger partial charge in [0.1, 0.15) is 6.42 Å². The highest BCUT2D eigenvalue weighted by Crippen LogP contribution is 2.27. The average molecular weight is 247 g/mol. The second-order valence-corrected chi connectivity index (χ2v) is 4.29. The third-order valence-electron chi connectivity index (χ3n) is 3.06. The molecule has 5 heteroatoms. The fraction of sp³-hybridized carbons (Fsp3) is 0.308. The van der Waals surface area contributed by atoms with E-state index in [1.54, 1.807) is 30.1 Å². The molecular weight excluding hydrogens is 234 g/mol. The number of ketones is 1. The van der Waals surface area contributed by atoms with Crippen molar-refractivity contribution in [2.24, 2.45) is 0 Å². The lowest BCUT2D eigenvalue weighted by atomic mass is 9.97. The molecule has 1 aromatic rings. The quantitative estimate of drug-likeness (QED) is 0.644. The van der Waals surface area contributed by atoms with Crippen LogP contribution in [0.15, 0.2) is 18.2 Å². The molecule has 1 amide bonds. The predicted molar refractivity (Wildman–Crippen MR) is 64.8 cm³/mol. The number of Topliss-reactive ketones (excluding diaryl/α,β-unsaturated/α-hetero) is 1. The van der Waals surface area contributed by atoms with Crippen LogP contribution in [0.3, 0.4) is 0 Å². The van der Waals surface area contributed by atoms with E-state index < -0.39 is 18.2 Å². The first-order valence-electron chi connectivity index (χ1n) is 5.63. The molecule has 1 aromatic carbocycles. The van der Waals surface area contributed by atoms with Gasteiger partial charge in [0.15, 0.2) is 5.78 Å². The smallest absolute Gasteiger partial charge is 0.311 e. The van der Waals surface area contributed by atoms with Gasteiger partial charge in [0.2, 0.25) is 5.91 Å². The van der Waals surface area contributed by atoms with Gasteiger partial charge in [0, 0.05) is 24.7 Å². The van der Waals surface area contributed by atoms with Crippen molar-refractivity contribution < 1.29 is 19.5 Å². The Morgan fingerprint density at radius 3 is 2.72 bits per heavy atom. The van der Waals surface area contributed by atoms with Gasteiger partial charge < -0.3 is 10.0 Å². The van der Waals surface area contributed by atoms with E-state index >= 15 is 0 Å². The zero-order valence-electron chi connectivity index (χ0n) is 9.97. The first kappa shape index (κ1) is 12.3. The lowest BCUT2D eigenvalue weighted by Crippen LogP contribution is -2.31. The highest BCUT2D eigenvalue weighted by Gasteiger charge is 2.22. The summed E-state index contributed by atoms with van der Waals surface area (Å²) in [6.45, 7) is 0. The van der Waals surface area contributed by atoms with E-state index in [2.05, 4.69) is 0 Å². The Bertz CT molecular complexity index is 536. The first-order chi connectivity index (χ1) is 8.49. The van der Waals surface area contributed by atoms with Crippen LogP contribution in [0.2, 0.25) is 0 Å². The third kappa shape index (κ3) is 2.25. The molecule has 0 saturated carbocycles. The predicted octanol–water partition coefficient (Wildman–Crippen LogP) is 1.25. The summed E-state index contributed by atoms with van der Waals surface area (Å²) >= 11 is 0. The number of hydrogen-bond acceptors (Lipinski definition) is 3. The van der Waals surface area contributed by atoms with E-state index in [4.69, 9.17) is 5.11 Å². The van der Waals surface area contributed by atoms with Crippen LogP contribution >= 0.6 is 0 Å². The first-order valence-corrected chi connectivity index (χ1v) is 5.63. The molecule has 94 valence electrons. The van der Waals surface area contributed by atoms with Crippen molar-refractivity contribution >= 4 is 23.3 Å². The summed E-state index contributed by atoms with van der Waals surface area (Å²) in [5.74, 6) is -1.50. The molecule has 0 unspecified atom stereocenters. The summed E-state index contributed by atoms with van der Waals surface area (Å²) in [5.41, 5.74) is 2.09. The van der Waals surface area contributed by atoms with E-state index in [0.717, 1.165) is 11.3 Å². The summed E-state index contributed by atoms with van der Waals surface area (Å²) in [6.07, 6.45) is 0.500. The normalized spacial score (nSPS) is 14.3. The van der Waals surface area contributed by atoms with Gasteiger partial charge in [-0.1, -0.05) is 0 Å². The maximum Gasteiger partial charge on any atom is 0.311 e. The SMILES string of the molecule is CN1C(=O)CCc2cc(C(=O)CC(=O)O)ccc21. The number of rotatable bonds is 3. The highest BCUT2D eigenvalue weighted by molar-refractivity contribution is 6.06. The molecule has 0 bridgehead atoms. The molecule has 0 aliphatic carbocycles. The summed E-state index contributed by atoms with van der Waals surface area (Å²) in [7, 11) is 1.69. The fourth-order valence-electron chi connectivity index (χ4n) is 2.07. The number of benzene rings is 1. The number of carboxylic acid groups (broad SMARTS) is 1. The molecular formula is C13H13NO4. The standard InChI is InChI=1S/C13H13NO4/c1-14-10-4-2-9(11(15)7-13(17)18)6-8(10)3-5-12(14)16/h2,4,6H,3,5,7H2,1H3,(H,17,18). The Morgan fingerprint density at radius 1 is 1.33 bits per heavy atom. The minimum Gasteiger partial charge on any atom is -0.481 e. The van der Waals surface area contributed by atoms with Crippen molar-refractivity contribution in [1.82, 2.24) is 0 Å². The Kier molecular flexibility index (Phi) is 3.14. The van der Waals surface area contributed by atoms with Gasteiger partial charge in [-0.2, -0.15) is 0 Å². The summed E-state index contributed by atoms with van der Waals surface area (Å²) < 4.78 is 0. The molecule has 1 aliphatic rings. The van der Waals surface area contributed by atoms with Crippen LogP contribution in [0.1, 0.15) is 28.8 Å². The van der Waals surface area contributed by atoms with E-state index in [9.17, 15) is 14.4 Å². The summed E-state index contributed by atoms with van der Waals surface area (Å²) in [5, 5.41) is 8.59. The van der Waals surface area contributed by atoms with Gasteiger partial charge in [-0.15, -0.1) is 0 Å². The Balaban J connectivity index is 2.31. The molecule has 2 rings (SSSR count). The number of nitrogens with zero attached hydrogens (tertiary/aromatic N) is 1. The summed E-state index contributed by atoms with van der Waals surface area (Å²) in [4.78, 5) is 35.2. The molecule has 5 nitrogen and oxygen atoms in total. The maximum absolute atomic E-state index is 11.6. The van der Waals surface area contributed by atoms with Crippen LogP contribution in [0.25, 0.3) is 0 Å². The molecule has 1 heterocycles. The number of aliphatic carboxylic acids is 1. The number of anilines is 1. The van der Waals surface area contributed by atoms with Crippen molar-refractivity contribution in [1.29, 1.82) is 0 Å². The number of aryl methyl sites for hydroxylation is 1. The van der Waals surface area contributed by atoms with E-state index in [-0.39, 0.29) is 5.91 Å². The van der Waals surface area contributed by atoms with Gasteiger partial charge in [0.25, 0.3) is 0 Å². The molecule has 0 aromatic heterocycles. The zero-order chi connectivity index (χ0) is 13.3. The van der Waals surface area contributed by atoms with Gasteiger partial charge in [-0.05, 0) is 30.2 Å². The van der Waals surface area contributed by atoms with E-state index in [1.807, 2.05) is 0 Å². The molecule has 0 atom stereocenters. The molecule has 0 fully saturated rings. The number of carbonyl (C=O) groups is 3. The van der Waals surface area contributed by atoms with Crippen molar-refractivity contribution in [3.8, 4) is 0 Å². The molecule has 18 heavy (non-hydrogen) atoms. The number of amides is 1. The number of fused-ring (bicyclic) bond motifs is 1. The van der Waals surface area contributed by atoms with Crippen LogP contribution < -0.4 is 4.90 Å². The minimum atomic E-state index is -1.13. The van der Waals surface area contributed by atoms with Crippen LogP contribution in [0.5, 0.6) is 0 Å². The number of carbonyl (C=O) groups excluding carboxylic acids is 2. The van der Waals surface area contributed by atoms with Crippen molar-refractivity contribution in [2.75, 3.05) is 11.9 Å². The van der Waals surface area contributed by atoms with Gasteiger partial charge >= 0.3 is 5.97 Å². The second-order valence-electron chi connectivity index (χ2n) is 4.29. The van der Waals surface area contributed by atoms with E-state index in [1.165, 1.54) is 0 Å². The van der Waals surface area contributed by atoms with Gasteiger partial charge in [0.05, 0.1) is 0 Å². The van der Waals surface area contributed by atoms with Gasteiger partial charge in [-0.3, -0.25) is 14.4 Å².